The monoisotopic (exact) mass is 281 g/mol. The number of nitrogens with zero attached hydrogens (tertiary/aromatic N) is 1. The third kappa shape index (κ3) is 3.87. The lowest BCUT2D eigenvalue weighted by molar-refractivity contribution is -0.130. The van der Waals surface area contributed by atoms with E-state index in [2.05, 4.69) is 0 Å². The molecule has 1 aromatic carbocycles. The minimum absolute atomic E-state index is 0.175. The molecule has 0 aliphatic carbocycles. The zero-order valence-corrected chi connectivity index (χ0v) is 12.1. The first-order chi connectivity index (χ1) is 9.20. The highest BCUT2D eigenvalue weighted by Gasteiger charge is 2.17. The fourth-order valence-corrected chi connectivity index (χ4v) is 2.63. The number of likely N-dealkylation sites (tertiary alicyclic amines) is 1. The summed E-state index contributed by atoms with van der Waals surface area (Å²) in [6, 6.07) is 5.47. The van der Waals surface area contributed by atoms with Gasteiger partial charge in [-0.1, -0.05) is 30.5 Å². The van der Waals surface area contributed by atoms with Crippen LogP contribution in [0.3, 0.4) is 0 Å². The first-order valence-corrected chi connectivity index (χ1v) is 7.18. The predicted molar refractivity (Wildman–Crippen MR) is 76.8 cm³/mol. The molecule has 0 radical (unpaired) electrons. The molecule has 1 amide bonds. The van der Waals surface area contributed by atoms with Crippen molar-refractivity contribution in [2.75, 3.05) is 20.2 Å². The van der Waals surface area contributed by atoms with E-state index in [0.29, 0.717) is 11.4 Å². The minimum atomic E-state index is 0.175. The highest BCUT2D eigenvalue weighted by molar-refractivity contribution is 6.31. The van der Waals surface area contributed by atoms with Gasteiger partial charge in [-0.05, 0) is 30.5 Å². The molecule has 4 heteroatoms. The van der Waals surface area contributed by atoms with E-state index in [1.165, 1.54) is 12.8 Å². The minimum Gasteiger partial charge on any atom is -0.497 e. The molecule has 1 fully saturated rings. The number of carbonyl (C=O) groups is 1. The average molecular weight is 282 g/mol. The van der Waals surface area contributed by atoms with Gasteiger partial charge in [-0.3, -0.25) is 4.79 Å². The van der Waals surface area contributed by atoms with Crippen LogP contribution in [0, 0.1) is 0 Å². The first-order valence-electron chi connectivity index (χ1n) is 6.81. The van der Waals surface area contributed by atoms with E-state index in [4.69, 9.17) is 16.3 Å². The Balaban J connectivity index is 2.01. The number of methoxy groups -OCH3 is 1. The van der Waals surface area contributed by atoms with Crippen molar-refractivity contribution in [2.24, 2.45) is 0 Å². The van der Waals surface area contributed by atoms with E-state index in [1.807, 2.05) is 17.0 Å². The van der Waals surface area contributed by atoms with Crippen molar-refractivity contribution in [3.63, 3.8) is 0 Å². The molecule has 0 atom stereocenters. The predicted octanol–water partition coefficient (Wildman–Crippen LogP) is 3.29. The summed E-state index contributed by atoms with van der Waals surface area (Å²) in [5.74, 6) is 0.893. The van der Waals surface area contributed by atoms with Crippen molar-refractivity contribution in [3.05, 3.63) is 28.8 Å². The van der Waals surface area contributed by atoms with Gasteiger partial charge in [-0.25, -0.2) is 0 Å². The summed E-state index contributed by atoms with van der Waals surface area (Å²) in [4.78, 5) is 14.2. The molecule has 2 rings (SSSR count). The fourth-order valence-electron chi connectivity index (χ4n) is 2.39. The van der Waals surface area contributed by atoms with Gasteiger partial charge in [-0.2, -0.15) is 0 Å². The summed E-state index contributed by atoms with van der Waals surface area (Å²) >= 11 is 6.17. The van der Waals surface area contributed by atoms with Gasteiger partial charge in [0.2, 0.25) is 5.91 Å². The number of ether oxygens (including phenoxy) is 1. The second kappa shape index (κ2) is 6.80. The van der Waals surface area contributed by atoms with Crippen molar-refractivity contribution in [1.29, 1.82) is 0 Å². The Labute approximate surface area is 119 Å². The number of hydrogen-bond acceptors (Lipinski definition) is 2. The summed E-state index contributed by atoms with van der Waals surface area (Å²) in [5, 5.41) is 0.600. The van der Waals surface area contributed by atoms with Crippen molar-refractivity contribution in [1.82, 2.24) is 4.90 Å². The van der Waals surface area contributed by atoms with Crippen LogP contribution >= 0.6 is 11.6 Å². The number of rotatable bonds is 3. The SMILES string of the molecule is COc1ccc(CC(=O)N2CCCCCC2)c(Cl)c1. The van der Waals surface area contributed by atoms with Crippen LogP contribution in [0.2, 0.25) is 5.02 Å². The molecule has 1 aliphatic heterocycles. The number of amides is 1. The van der Waals surface area contributed by atoms with Crippen LogP contribution in [0.25, 0.3) is 0 Å². The maximum absolute atomic E-state index is 12.3. The Morgan fingerprint density at radius 1 is 1.26 bits per heavy atom. The summed E-state index contributed by atoms with van der Waals surface area (Å²) < 4.78 is 5.11. The van der Waals surface area contributed by atoms with Gasteiger partial charge in [0, 0.05) is 18.1 Å². The Morgan fingerprint density at radius 3 is 2.53 bits per heavy atom. The number of benzene rings is 1. The zero-order chi connectivity index (χ0) is 13.7. The maximum atomic E-state index is 12.3. The molecule has 3 nitrogen and oxygen atoms in total. The molecule has 0 bridgehead atoms. The quantitative estimate of drug-likeness (QED) is 0.851. The molecule has 1 aliphatic rings. The van der Waals surface area contributed by atoms with E-state index in [0.717, 1.165) is 37.2 Å². The molecule has 19 heavy (non-hydrogen) atoms. The van der Waals surface area contributed by atoms with E-state index in [1.54, 1.807) is 13.2 Å². The molecule has 1 aromatic rings. The average Bonchev–Trinajstić information content (AvgIpc) is 2.70. The van der Waals surface area contributed by atoms with Crippen molar-refractivity contribution in [3.8, 4) is 5.75 Å². The summed E-state index contributed by atoms with van der Waals surface area (Å²) in [6.07, 6.45) is 5.06. The third-order valence-electron chi connectivity index (χ3n) is 3.56. The normalized spacial score (nSPS) is 16.0. The standard InChI is InChI=1S/C15H20ClNO2/c1-19-13-7-6-12(14(16)11-13)10-15(18)17-8-4-2-3-5-9-17/h6-7,11H,2-5,8-10H2,1H3. The summed E-state index contributed by atoms with van der Waals surface area (Å²) in [5.41, 5.74) is 0.872. The van der Waals surface area contributed by atoms with Gasteiger partial charge < -0.3 is 9.64 Å². The van der Waals surface area contributed by atoms with E-state index in [9.17, 15) is 4.79 Å². The summed E-state index contributed by atoms with van der Waals surface area (Å²) in [6.45, 7) is 1.76. The van der Waals surface area contributed by atoms with Gasteiger partial charge in [0.25, 0.3) is 0 Å². The highest BCUT2D eigenvalue weighted by Crippen LogP contribution is 2.23. The molecule has 0 unspecified atom stereocenters. The molecule has 1 saturated heterocycles. The van der Waals surface area contributed by atoms with Crippen molar-refractivity contribution < 1.29 is 9.53 Å². The Kier molecular flexibility index (Phi) is 5.08. The lowest BCUT2D eigenvalue weighted by Gasteiger charge is -2.20. The van der Waals surface area contributed by atoms with Crippen LogP contribution in [0.5, 0.6) is 5.75 Å². The van der Waals surface area contributed by atoms with Gasteiger partial charge in [0.05, 0.1) is 13.5 Å². The molecule has 0 spiro atoms. The number of halogens is 1. The molecule has 1 heterocycles. The second-order valence-corrected chi connectivity index (χ2v) is 5.34. The molecule has 0 N–H and O–H groups in total. The molecular weight excluding hydrogens is 262 g/mol. The lowest BCUT2D eigenvalue weighted by Crippen LogP contribution is -2.33. The van der Waals surface area contributed by atoms with Crippen LogP contribution in [0.15, 0.2) is 18.2 Å². The van der Waals surface area contributed by atoms with Crippen LogP contribution in [0.4, 0.5) is 0 Å². The molecule has 0 saturated carbocycles. The van der Waals surface area contributed by atoms with Crippen LogP contribution in [-0.2, 0) is 11.2 Å². The first kappa shape index (κ1) is 14.2. The van der Waals surface area contributed by atoms with Crippen molar-refractivity contribution in [2.45, 2.75) is 32.1 Å². The molecular formula is C15H20ClNO2. The van der Waals surface area contributed by atoms with E-state index >= 15 is 0 Å². The second-order valence-electron chi connectivity index (χ2n) is 4.93. The topological polar surface area (TPSA) is 29.5 Å². The van der Waals surface area contributed by atoms with Crippen LogP contribution in [0.1, 0.15) is 31.2 Å². The van der Waals surface area contributed by atoms with Gasteiger partial charge in [0.15, 0.2) is 0 Å². The smallest absolute Gasteiger partial charge is 0.227 e. The summed E-state index contributed by atoms with van der Waals surface area (Å²) in [7, 11) is 1.60. The lowest BCUT2D eigenvalue weighted by atomic mass is 10.1. The Hall–Kier alpha value is -1.22. The fraction of sp³-hybridized carbons (Fsp3) is 0.533. The zero-order valence-electron chi connectivity index (χ0n) is 11.3. The Morgan fingerprint density at radius 2 is 1.95 bits per heavy atom. The largest absolute Gasteiger partial charge is 0.497 e. The highest BCUT2D eigenvalue weighted by atomic mass is 35.5. The van der Waals surface area contributed by atoms with Crippen LogP contribution in [-0.4, -0.2) is 31.0 Å². The maximum Gasteiger partial charge on any atom is 0.227 e. The van der Waals surface area contributed by atoms with E-state index in [-0.39, 0.29) is 5.91 Å². The Bertz CT molecular complexity index is 440. The van der Waals surface area contributed by atoms with Gasteiger partial charge >= 0.3 is 0 Å². The van der Waals surface area contributed by atoms with Crippen LogP contribution < -0.4 is 4.74 Å². The third-order valence-corrected chi connectivity index (χ3v) is 3.91. The van der Waals surface area contributed by atoms with E-state index < -0.39 is 0 Å². The van der Waals surface area contributed by atoms with Gasteiger partial charge in [0.1, 0.15) is 5.75 Å². The van der Waals surface area contributed by atoms with Gasteiger partial charge in [-0.15, -0.1) is 0 Å². The van der Waals surface area contributed by atoms with Crippen molar-refractivity contribution >= 4 is 17.5 Å². The molecule has 0 aromatic heterocycles. The molecule has 104 valence electrons. The number of carbonyl (C=O) groups excluding carboxylic acids is 1. The number of hydrogen-bond donors (Lipinski definition) is 0.